The quantitative estimate of drug-likeness (QED) is 0.174. The van der Waals surface area contributed by atoms with E-state index in [1.165, 1.54) is 103 Å². The van der Waals surface area contributed by atoms with Crippen LogP contribution in [0.5, 0.6) is 0 Å². The van der Waals surface area contributed by atoms with Gasteiger partial charge in [-0.1, -0.05) is 89.4 Å². The molecule has 1 nitrogen and oxygen atoms in total. The average molecular weight is 336 g/mol. The molecule has 0 aliphatic carbocycles. The van der Waals surface area contributed by atoms with E-state index in [4.69, 9.17) is 0 Å². The highest BCUT2D eigenvalue weighted by Crippen LogP contribution is 2.10. The van der Waals surface area contributed by atoms with Crippen LogP contribution in [0.15, 0.2) is 24.8 Å². The lowest BCUT2D eigenvalue weighted by Crippen LogP contribution is -2.19. The van der Waals surface area contributed by atoms with Crippen LogP contribution >= 0.6 is 0 Å². The van der Waals surface area contributed by atoms with E-state index in [1.54, 1.807) is 0 Å². The van der Waals surface area contributed by atoms with Crippen LogP contribution in [-0.4, -0.2) is 25.0 Å². The summed E-state index contributed by atoms with van der Waals surface area (Å²) in [6.07, 6.45) is 27.7. The molecule has 0 atom stereocenters. The third kappa shape index (κ3) is 19.5. The zero-order valence-electron chi connectivity index (χ0n) is 16.9. The van der Waals surface area contributed by atoms with Gasteiger partial charge in [0.1, 0.15) is 0 Å². The van der Waals surface area contributed by atoms with Gasteiger partial charge >= 0.3 is 0 Å². The van der Waals surface area contributed by atoms with Gasteiger partial charge in [0.25, 0.3) is 0 Å². The summed E-state index contributed by atoms with van der Waals surface area (Å²) >= 11 is 0. The van der Waals surface area contributed by atoms with Crippen LogP contribution in [0.25, 0.3) is 0 Å². The number of rotatable bonds is 19. The number of nitrogens with zero attached hydrogens (tertiary/aromatic N) is 1. The van der Waals surface area contributed by atoms with Gasteiger partial charge in [0.2, 0.25) is 0 Å². The van der Waals surface area contributed by atoms with Crippen LogP contribution in [0.2, 0.25) is 0 Å². The molecule has 0 saturated heterocycles. The molecule has 0 bridgehead atoms. The molecule has 0 aliphatic heterocycles. The fraction of sp³-hybridized carbons (Fsp3) is 0.826. The molecule has 0 fully saturated rings. The molecular weight excluding hydrogens is 290 g/mol. The Labute approximate surface area is 153 Å². The maximum absolute atomic E-state index is 3.78. The first-order valence-electron chi connectivity index (χ1n) is 10.8. The zero-order chi connectivity index (χ0) is 17.7. The molecule has 0 aromatic heterocycles. The van der Waals surface area contributed by atoms with Gasteiger partial charge in [-0.15, -0.1) is 6.58 Å². The molecule has 0 radical (unpaired) electrons. The molecule has 24 heavy (non-hydrogen) atoms. The van der Waals surface area contributed by atoms with Crippen LogP contribution < -0.4 is 0 Å². The summed E-state index contributed by atoms with van der Waals surface area (Å²) in [6, 6.07) is 0. The van der Waals surface area contributed by atoms with Crippen molar-refractivity contribution in [3.05, 3.63) is 24.8 Å². The van der Waals surface area contributed by atoms with E-state index >= 15 is 0 Å². The third-order valence-electron chi connectivity index (χ3n) is 4.74. The van der Waals surface area contributed by atoms with Crippen LogP contribution in [0.4, 0.5) is 0 Å². The van der Waals surface area contributed by atoms with Crippen molar-refractivity contribution in [3.63, 3.8) is 0 Å². The number of hydrogen-bond acceptors (Lipinski definition) is 1. The third-order valence-corrected chi connectivity index (χ3v) is 4.74. The number of unbranched alkanes of at least 4 members (excludes halogenated alkanes) is 13. The summed E-state index contributed by atoms with van der Waals surface area (Å²) in [6.45, 7) is 8.30. The second-order valence-electron chi connectivity index (χ2n) is 7.34. The summed E-state index contributed by atoms with van der Waals surface area (Å²) in [5, 5.41) is 0. The van der Waals surface area contributed by atoms with Gasteiger partial charge < -0.3 is 4.90 Å². The van der Waals surface area contributed by atoms with Crippen molar-refractivity contribution in [1.29, 1.82) is 0 Å². The Morgan fingerprint density at radius 3 is 1.62 bits per heavy atom. The summed E-state index contributed by atoms with van der Waals surface area (Å²) < 4.78 is 0. The first-order chi connectivity index (χ1) is 11.8. The molecule has 0 aromatic carbocycles. The van der Waals surface area contributed by atoms with Gasteiger partial charge in [-0.25, -0.2) is 0 Å². The predicted octanol–water partition coefficient (Wildman–Crippen LogP) is 7.53. The highest BCUT2D eigenvalue weighted by Gasteiger charge is 1.95. The molecule has 0 spiro atoms. The smallest absolute Gasteiger partial charge is 0.0157 e. The topological polar surface area (TPSA) is 3.24 Å². The lowest BCUT2D eigenvalue weighted by Gasteiger charge is -2.13. The molecular formula is C23H45N. The molecule has 0 rings (SSSR count). The van der Waals surface area contributed by atoms with Gasteiger partial charge in [-0.3, -0.25) is 0 Å². The standard InChI is InChI=1S/C23H45N/c1-4-6-7-8-9-10-11-12-13-14-15-16-17-18-19-20-21-23-24(3)22-5-2/h5,12-13H,2,4,6-11,14-23H2,1,3H3/b13-12-. The molecule has 0 aromatic rings. The van der Waals surface area contributed by atoms with E-state index in [0.29, 0.717) is 0 Å². The van der Waals surface area contributed by atoms with Crippen LogP contribution in [0.1, 0.15) is 103 Å². The van der Waals surface area contributed by atoms with Crippen LogP contribution in [0, 0.1) is 0 Å². The molecule has 0 heterocycles. The van der Waals surface area contributed by atoms with Crippen molar-refractivity contribution in [1.82, 2.24) is 4.90 Å². The van der Waals surface area contributed by atoms with Crippen molar-refractivity contribution in [2.24, 2.45) is 0 Å². The van der Waals surface area contributed by atoms with E-state index in [1.807, 2.05) is 6.08 Å². The SMILES string of the molecule is C=CCN(C)CCCCCCCCC/C=C\CCCCCCCC. The first kappa shape index (κ1) is 23.4. The van der Waals surface area contributed by atoms with Crippen molar-refractivity contribution >= 4 is 0 Å². The summed E-state index contributed by atoms with van der Waals surface area (Å²) in [5.74, 6) is 0. The van der Waals surface area contributed by atoms with Gasteiger partial charge in [-0.05, 0) is 45.7 Å². The highest BCUT2D eigenvalue weighted by atomic mass is 15.1. The monoisotopic (exact) mass is 335 g/mol. The molecule has 0 amide bonds. The Kier molecular flexibility index (Phi) is 20.0. The molecule has 0 N–H and O–H groups in total. The van der Waals surface area contributed by atoms with Crippen molar-refractivity contribution in [3.8, 4) is 0 Å². The maximum Gasteiger partial charge on any atom is 0.0157 e. The summed E-state index contributed by atoms with van der Waals surface area (Å²) in [7, 11) is 2.18. The summed E-state index contributed by atoms with van der Waals surface area (Å²) in [5.41, 5.74) is 0. The second kappa shape index (κ2) is 20.5. The minimum Gasteiger partial charge on any atom is -0.303 e. The van der Waals surface area contributed by atoms with Crippen molar-refractivity contribution in [2.45, 2.75) is 103 Å². The van der Waals surface area contributed by atoms with Gasteiger partial charge in [-0.2, -0.15) is 0 Å². The van der Waals surface area contributed by atoms with Crippen LogP contribution in [-0.2, 0) is 0 Å². The Hall–Kier alpha value is -0.560. The van der Waals surface area contributed by atoms with E-state index in [0.717, 1.165) is 6.54 Å². The predicted molar refractivity (Wildman–Crippen MR) is 112 cm³/mol. The lowest BCUT2D eigenvalue weighted by atomic mass is 10.1. The van der Waals surface area contributed by atoms with E-state index in [9.17, 15) is 0 Å². The summed E-state index contributed by atoms with van der Waals surface area (Å²) in [4.78, 5) is 2.35. The molecule has 0 unspecified atom stereocenters. The Morgan fingerprint density at radius 1 is 0.667 bits per heavy atom. The average Bonchev–Trinajstić information content (AvgIpc) is 2.58. The zero-order valence-corrected chi connectivity index (χ0v) is 16.9. The minimum atomic E-state index is 1.02. The van der Waals surface area contributed by atoms with Gasteiger partial charge in [0.15, 0.2) is 0 Å². The van der Waals surface area contributed by atoms with Crippen molar-refractivity contribution in [2.75, 3.05) is 20.1 Å². The first-order valence-corrected chi connectivity index (χ1v) is 10.8. The molecule has 142 valence electrons. The Bertz CT molecular complexity index is 269. The van der Waals surface area contributed by atoms with E-state index in [-0.39, 0.29) is 0 Å². The molecule has 0 aliphatic rings. The normalized spacial score (nSPS) is 11.6. The Balaban J connectivity index is 3.11. The number of hydrogen-bond donors (Lipinski definition) is 0. The van der Waals surface area contributed by atoms with E-state index in [2.05, 4.69) is 37.6 Å². The fourth-order valence-corrected chi connectivity index (χ4v) is 3.12. The van der Waals surface area contributed by atoms with Crippen molar-refractivity contribution < 1.29 is 0 Å². The van der Waals surface area contributed by atoms with Crippen LogP contribution in [0.3, 0.4) is 0 Å². The largest absolute Gasteiger partial charge is 0.303 e. The molecule has 1 heteroatoms. The fourth-order valence-electron chi connectivity index (χ4n) is 3.12. The Morgan fingerprint density at radius 2 is 1.12 bits per heavy atom. The highest BCUT2D eigenvalue weighted by molar-refractivity contribution is 4.81. The second-order valence-corrected chi connectivity index (χ2v) is 7.34. The minimum absolute atomic E-state index is 1.02. The number of likely N-dealkylation sites (N-methyl/N-ethyl adjacent to an activating group) is 1. The van der Waals surface area contributed by atoms with Gasteiger partial charge in [0, 0.05) is 6.54 Å². The number of allylic oxidation sites excluding steroid dienone is 2. The van der Waals surface area contributed by atoms with Gasteiger partial charge in [0.05, 0.1) is 0 Å². The molecule has 0 saturated carbocycles. The maximum atomic E-state index is 3.78. The van der Waals surface area contributed by atoms with E-state index < -0.39 is 0 Å². The lowest BCUT2D eigenvalue weighted by molar-refractivity contribution is 0.356.